The Labute approximate surface area is 114 Å². The molecule has 1 aliphatic heterocycles. The van der Waals surface area contributed by atoms with Crippen molar-refractivity contribution in [2.45, 2.75) is 32.2 Å². The topological polar surface area (TPSA) is 55.6 Å². The van der Waals surface area contributed by atoms with Crippen LogP contribution in [0.2, 0.25) is 0 Å². The predicted molar refractivity (Wildman–Crippen MR) is 75.0 cm³/mol. The van der Waals surface area contributed by atoms with Crippen LogP contribution in [0.15, 0.2) is 18.2 Å². The quantitative estimate of drug-likeness (QED) is 0.879. The van der Waals surface area contributed by atoms with Crippen molar-refractivity contribution in [2.24, 2.45) is 5.73 Å². The van der Waals surface area contributed by atoms with E-state index < -0.39 is 0 Å². The maximum absolute atomic E-state index is 11.8. The van der Waals surface area contributed by atoms with Crippen molar-refractivity contribution in [2.75, 3.05) is 20.2 Å². The van der Waals surface area contributed by atoms with Crippen LogP contribution in [-0.4, -0.2) is 31.0 Å². The average Bonchev–Trinajstić information content (AvgIpc) is 2.44. The number of amides is 1. The molecule has 104 valence electrons. The Hall–Kier alpha value is -1.55. The molecule has 1 amide bonds. The molecule has 4 nitrogen and oxygen atoms in total. The third-order valence-corrected chi connectivity index (χ3v) is 3.41. The summed E-state index contributed by atoms with van der Waals surface area (Å²) in [5.74, 6) is 1.14. The molecule has 2 rings (SSSR count). The maximum Gasteiger partial charge on any atom is 0.222 e. The first-order valence-electron chi connectivity index (χ1n) is 6.89. The zero-order valence-electron chi connectivity index (χ0n) is 11.5. The first kappa shape index (κ1) is 13.9. The standard InChI is InChI=1S/C15H22N2O2/c1-17(15(18)5-2-8-16)11-12-6-7-14-13(10-12)4-3-9-19-14/h6-7,10H,2-5,8-9,11,16H2,1H3. The number of hydrogen-bond donors (Lipinski definition) is 1. The van der Waals surface area contributed by atoms with Crippen LogP contribution in [0.1, 0.15) is 30.4 Å². The van der Waals surface area contributed by atoms with E-state index in [2.05, 4.69) is 6.07 Å². The van der Waals surface area contributed by atoms with Gasteiger partial charge in [-0.05, 0) is 43.0 Å². The summed E-state index contributed by atoms with van der Waals surface area (Å²) in [5, 5.41) is 0. The smallest absolute Gasteiger partial charge is 0.222 e. The van der Waals surface area contributed by atoms with Crippen molar-refractivity contribution in [1.82, 2.24) is 4.90 Å². The van der Waals surface area contributed by atoms with Crippen LogP contribution < -0.4 is 10.5 Å². The van der Waals surface area contributed by atoms with Gasteiger partial charge in [-0.25, -0.2) is 0 Å². The monoisotopic (exact) mass is 262 g/mol. The molecule has 0 radical (unpaired) electrons. The van der Waals surface area contributed by atoms with Crippen LogP contribution in [-0.2, 0) is 17.8 Å². The molecule has 0 aliphatic carbocycles. The number of aryl methyl sites for hydroxylation is 1. The Balaban J connectivity index is 1.97. The third-order valence-electron chi connectivity index (χ3n) is 3.41. The molecular weight excluding hydrogens is 240 g/mol. The third kappa shape index (κ3) is 3.70. The van der Waals surface area contributed by atoms with Crippen LogP contribution in [0.25, 0.3) is 0 Å². The minimum atomic E-state index is 0.152. The predicted octanol–water partition coefficient (Wildman–Crippen LogP) is 1.71. The molecule has 0 fully saturated rings. The summed E-state index contributed by atoms with van der Waals surface area (Å²) < 4.78 is 5.59. The minimum absolute atomic E-state index is 0.152. The van der Waals surface area contributed by atoms with Crippen LogP contribution in [0.4, 0.5) is 0 Å². The molecule has 2 N–H and O–H groups in total. The van der Waals surface area contributed by atoms with Gasteiger partial charge in [0.25, 0.3) is 0 Å². The lowest BCUT2D eigenvalue weighted by Gasteiger charge is -2.21. The summed E-state index contributed by atoms with van der Waals surface area (Å²) in [6, 6.07) is 6.21. The van der Waals surface area contributed by atoms with Crippen LogP contribution in [0, 0.1) is 0 Å². The summed E-state index contributed by atoms with van der Waals surface area (Å²) in [5.41, 5.74) is 7.84. The van der Waals surface area contributed by atoms with Gasteiger partial charge in [0.2, 0.25) is 5.91 Å². The molecule has 0 saturated heterocycles. The van der Waals surface area contributed by atoms with Crippen molar-refractivity contribution in [3.8, 4) is 5.75 Å². The fourth-order valence-corrected chi connectivity index (χ4v) is 2.32. The van der Waals surface area contributed by atoms with Gasteiger partial charge in [0, 0.05) is 20.0 Å². The summed E-state index contributed by atoms with van der Waals surface area (Å²) in [6.07, 6.45) is 3.41. The number of hydrogen-bond acceptors (Lipinski definition) is 3. The van der Waals surface area contributed by atoms with Gasteiger partial charge >= 0.3 is 0 Å². The Bertz CT molecular complexity index is 446. The van der Waals surface area contributed by atoms with Crippen molar-refractivity contribution in [3.63, 3.8) is 0 Å². The molecule has 1 aliphatic rings. The molecule has 0 aromatic heterocycles. The van der Waals surface area contributed by atoms with Gasteiger partial charge in [0.15, 0.2) is 0 Å². The Morgan fingerprint density at radius 1 is 1.47 bits per heavy atom. The van der Waals surface area contributed by atoms with E-state index >= 15 is 0 Å². The van der Waals surface area contributed by atoms with Crippen molar-refractivity contribution >= 4 is 5.91 Å². The summed E-state index contributed by atoms with van der Waals surface area (Å²) >= 11 is 0. The van der Waals surface area contributed by atoms with E-state index in [4.69, 9.17) is 10.5 Å². The molecular formula is C15H22N2O2. The second-order valence-corrected chi connectivity index (χ2v) is 5.04. The average molecular weight is 262 g/mol. The Morgan fingerprint density at radius 2 is 2.32 bits per heavy atom. The van der Waals surface area contributed by atoms with E-state index in [1.54, 1.807) is 4.90 Å². The van der Waals surface area contributed by atoms with Crippen molar-refractivity contribution in [1.29, 1.82) is 0 Å². The normalized spacial score (nSPS) is 13.6. The number of ether oxygens (including phenoxy) is 1. The molecule has 0 saturated carbocycles. The van der Waals surface area contributed by atoms with Crippen LogP contribution >= 0.6 is 0 Å². The van der Waals surface area contributed by atoms with Gasteiger partial charge in [0.1, 0.15) is 5.75 Å². The lowest BCUT2D eigenvalue weighted by Crippen LogP contribution is -2.26. The fourth-order valence-electron chi connectivity index (χ4n) is 2.32. The summed E-state index contributed by atoms with van der Waals surface area (Å²) in [7, 11) is 1.84. The van der Waals surface area contributed by atoms with Gasteiger partial charge < -0.3 is 15.4 Å². The summed E-state index contributed by atoms with van der Waals surface area (Å²) in [6.45, 7) is 2.02. The summed E-state index contributed by atoms with van der Waals surface area (Å²) in [4.78, 5) is 13.6. The van der Waals surface area contributed by atoms with Gasteiger partial charge in [-0.3, -0.25) is 4.79 Å². The molecule has 1 aromatic rings. The van der Waals surface area contributed by atoms with Crippen molar-refractivity contribution in [3.05, 3.63) is 29.3 Å². The number of carbonyl (C=O) groups excluding carboxylic acids is 1. The molecule has 0 spiro atoms. The fraction of sp³-hybridized carbons (Fsp3) is 0.533. The molecule has 19 heavy (non-hydrogen) atoms. The highest BCUT2D eigenvalue weighted by atomic mass is 16.5. The number of fused-ring (bicyclic) bond motifs is 1. The SMILES string of the molecule is CN(Cc1ccc2c(c1)CCCO2)C(=O)CCCN. The number of carbonyl (C=O) groups is 1. The highest BCUT2D eigenvalue weighted by molar-refractivity contribution is 5.75. The second-order valence-electron chi connectivity index (χ2n) is 5.04. The zero-order valence-corrected chi connectivity index (χ0v) is 11.5. The molecule has 4 heteroatoms. The highest BCUT2D eigenvalue weighted by Crippen LogP contribution is 2.25. The van der Waals surface area contributed by atoms with E-state index in [0.717, 1.165) is 37.2 Å². The number of nitrogens with zero attached hydrogens (tertiary/aromatic N) is 1. The minimum Gasteiger partial charge on any atom is -0.493 e. The molecule has 0 bridgehead atoms. The molecule has 0 atom stereocenters. The van der Waals surface area contributed by atoms with Gasteiger partial charge in [-0.1, -0.05) is 12.1 Å². The van der Waals surface area contributed by atoms with E-state index in [1.807, 2.05) is 19.2 Å². The first-order valence-corrected chi connectivity index (χ1v) is 6.89. The number of rotatable bonds is 5. The van der Waals surface area contributed by atoms with Gasteiger partial charge in [-0.15, -0.1) is 0 Å². The Morgan fingerprint density at radius 3 is 3.11 bits per heavy atom. The van der Waals surface area contributed by atoms with E-state index in [0.29, 0.717) is 19.5 Å². The van der Waals surface area contributed by atoms with Gasteiger partial charge in [-0.2, -0.15) is 0 Å². The van der Waals surface area contributed by atoms with E-state index in [9.17, 15) is 4.79 Å². The Kier molecular flexibility index (Phi) is 4.80. The highest BCUT2D eigenvalue weighted by Gasteiger charge is 2.13. The molecule has 1 heterocycles. The molecule has 1 aromatic carbocycles. The number of benzene rings is 1. The van der Waals surface area contributed by atoms with Gasteiger partial charge in [0.05, 0.1) is 6.61 Å². The molecule has 0 unspecified atom stereocenters. The van der Waals surface area contributed by atoms with Crippen LogP contribution in [0.3, 0.4) is 0 Å². The lowest BCUT2D eigenvalue weighted by molar-refractivity contribution is -0.130. The zero-order chi connectivity index (χ0) is 13.7. The lowest BCUT2D eigenvalue weighted by atomic mass is 10.0. The second kappa shape index (κ2) is 6.57. The largest absolute Gasteiger partial charge is 0.493 e. The van der Waals surface area contributed by atoms with E-state index in [1.165, 1.54) is 5.56 Å². The van der Waals surface area contributed by atoms with E-state index in [-0.39, 0.29) is 5.91 Å². The number of nitrogens with two attached hydrogens (primary N) is 1. The maximum atomic E-state index is 11.8. The van der Waals surface area contributed by atoms with Crippen molar-refractivity contribution < 1.29 is 9.53 Å². The first-order chi connectivity index (χ1) is 9.20. The van der Waals surface area contributed by atoms with Crippen LogP contribution in [0.5, 0.6) is 5.75 Å².